The normalized spacial score (nSPS) is 14.7. The van der Waals surface area contributed by atoms with E-state index in [0.29, 0.717) is 55.4 Å². The van der Waals surface area contributed by atoms with Gasteiger partial charge in [-0.2, -0.15) is 28.7 Å². The molecule has 0 radical (unpaired) electrons. The average Bonchev–Trinajstić information content (AvgIpc) is 3.27. The molecule has 0 aliphatic carbocycles. The quantitative estimate of drug-likeness (QED) is 0.611. The number of alkyl halides is 3. The van der Waals surface area contributed by atoms with Gasteiger partial charge in [0.1, 0.15) is 12.1 Å². The maximum Gasteiger partial charge on any atom is 0.416 e. The van der Waals surface area contributed by atoms with Crippen molar-refractivity contribution in [2.45, 2.75) is 12.7 Å². The number of piperazine rings is 1. The summed E-state index contributed by atoms with van der Waals surface area (Å²) < 4.78 is 44.1. The van der Waals surface area contributed by atoms with E-state index in [1.54, 1.807) is 18.2 Å². The van der Waals surface area contributed by atoms with Gasteiger partial charge in [0, 0.05) is 31.7 Å². The molecule has 0 bridgehead atoms. The van der Waals surface area contributed by atoms with Crippen molar-refractivity contribution in [3.8, 4) is 23.5 Å². The Morgan fingerprint density at radius 3 is 2.25 bits per heavy atom. The van der Waals surface area contributed by atoms with E-state index in [9.17, 15) is 23.7 Å². The predicted molar refractivity (Wildman–Crippen MR) is 108 cm³/mol. The van der Waals surface area contributed by atoms with Gasteiger partial charge in [-0.05, 0) is 24.3 Å². The third-order valence-corrected chi connectivity index (χ3v) is 5.24. The van der Waals surface area contributed by atoms with Gasteiger partial charge in [-0.15, -0.1) is 0 Å². The van der Waals surface area contributed by atoms with Crippen molar-refractivity contribution in [3.05, 3.63) is 65.0 Å². The zero-order valence-corrected chi connectivity index (χ0v) is 16.8. The first-order valence-corrected chi connectivity index (χ1v) is 9.80. The predicted octanol–water partition coefficient (Wildman–Crippen LogP) is 3.82. The topological polar surface area (TPSA) is 93.0 Å². The van der Waals surface area contributed by atoms with Crippen LogP contribution in [0.15, 0.2) is 47.0 Å². The van der Waals surface area contributed by atoms with Gasteiger partial charge in [0.25, 0.3) is 0 Å². The number of nitrogens with zero attached hydrogens (tertiary/aromatic N) is 6. The van der Waals surface area contributed by atoms with Crippen LogP contribution in [0.5, 0.6) is 0 Å². The number of hydrogen-bond donors (Lipinski definition) is 0. The van der Waals surface area contributed by atoms with E-state index in [1.807, 2.05) is 4.90 Å². The molecular weight excluding hydrogens is 421 g/mol. The second kappa shape index (κ2) is 8.69. The largest absolute Gasteiger partial charge is 0.416 e. The molecule has 3 aromatic rings. The SMILES string of the molecule is N#Cc1cccc(C#N)c1N1CCN(Cc2nc(-c3cccc(C(F)(F)F)c3)no2)CC1. The summed E-state index contributed by atoms with van der Waals surface area (Å²) in [5, 5.41) is 22.6. The molecule has 0 unspecified atom stereocenters. The van der Waals surface area contributed by atoms with Gasteiger partial charge in [-0.1, -0.05) is 23.4 Å². The van der Waals surface area contributed by atoms with E-state index in [4.69, 9.17) is 4.52 Å². The smallest absolute Gasteiger partial charge is 0.367 e. The molecular formula is C22H17F3N6O. The standard InChI is InChI=1S/C22H17F3N6O/c23-22(24,25)18-6-2-3-15(11-18)21-28-19(32-29-21)14-30-7-9-31(10-8-30)20-16(12-26)4-1-5-17(20)13-27/h1-6,11H,7-10,14H2. The van der Waals surface area contributed by atoms with Crippen LogP contribution in [0.25, 0.3) is 11.4 Å². The monoisotopic (exact) mass is 438 g/mol. The molecule has 10 heteroatoms. The fourth-order valence-electron chi connectivity index (χ4n) is 3.66. The van der Waals surface area contributed by atoms with E-state index >= 15 is 0 Å². The number of rotatable bonds is 4. The van der Waals surface area contributed by atoms with E-state index < -0.39 is 11.7 Å². The zero-order valence-electron chi connectivity index (χ0n) is 16.8. The number of anilines is 1. The summed E-state index contributed by atoms with van der Waals surface area (Å²) in [6.45, 7) is 2.81. The van der Waals surface area contributed by atoms with Crippen LogP contribution in [0, 0.1) is 22.7 Å². The second-order valence-electron chi connectivity index (χ2n) is 7.28. The molecule has 32 heavy (non-hydrogen) atoms. The third kappa shape index (κ3) is 4.41. The molecule has 1 fully saturated rings. The Labute approximate surface area is 181 Å². The molecule has 0 N–H and O–H groups in total. The van der Waals surface area contributed by atoms with Crippen molar-refractivity contribution in [2.75, 3.05) is 31.1 Å². The lowest BCUT2D eigenvalue weighted by molar-refractivity contribution is -0.137. The summed E-state index contributed by atoms with van der Waals surface area (Å²) in [5.74, 6) is 0.410. The zero-order chi connectivity index (χ0) is 22.7. The molecule has 162 valence electrons. The van der Waals surface area contributed by atoms with Gasteiger partial charge < -0.3 is 9.42 Å². The van der Waals surface area contributed by atoms with E-state index in [1.165, 1.54) is 12.1 Å². The number of halogens is 3. The Morgan fingerprint density at radius 2 is 1.62 bits per heavy atom. The van der Waals surface area contributed by atoms with Crippen LogP contribution < -0.4 is 4.90 Å². The molecule has 0 spiro atoms. The molecule has 4 rings (SSSR count). The number of aromatic nitrogens is 2. The van der Waals surface area contributed by atoms with E-state index in [2.05, 4.69) is 27.2 Å². The van der Waals surface area contributed by atoms with Crippen molar-refractivity contribution in [1.29, 1.82) is 10.5 Å². The van der Waals surface area contributed by atoms with Gasteiger partial charge in [-0.25, -0.2) is 0 Å². The molecule has 1 aliphatic heterocycles. The summed E-state index contributed by atoms with van der Waals surface area (Å²) in [4.78, 5) is 8.32. The van der Waals surface area contributed by atoms with Gasteiger partial charge in [0.15, 0.2) is 0 Å². The average molecular weight is 438 g/mol. The Balaban J connectivity index is 1.42. The van der Waals surface area contributed by atoms with Gasteiger partial charge in [0.05, 0.1) is 28.9 Å². The highest BCUT2D eigenvalue weighted by molar-refractivity contribution is 5.68. The highest BCUT2D eigenvalue weighted by Crippen LogP contribution is 2.31. The summed E-state index contributed by atoms with van der Waals surface area (Å²) >= 11 is 0. The minimum Gasteiger partial charge on any atom is -0.367 e. The third-order valence-electron chi connectivity index (χ3n) is 5.24. The van der Waals surface area contributed by atoms with Gasteiger partial charge in [-0.3, -0.25) is 4.90 Å². The highest BCUT2D eigenvalue weighted by Gasteiger charge is 2.31. The molecule has 0 saturated carbocycles. The lowest BCUT2D eigenvalue weighted by Gasteiger charge is -2.36. The number of benzene rings is 2. The van der Waals surface area contributed by atoms with Gasteiger partial charge in [0.2, 0.25) is 11.7 Å². The molecule has 1 aromatic heterocycles. The maximum atomic E-state index is 12.9. The Morgan fingerprint density at radius 1 is 0.969 bits per heavy atom. The molecule has 0 amide bonds. The van der Waals surface area contributed by atoms with E-state index in [-0.39, 0.29) is 11.4 Å². The lowest BCUT2D eigenvalue weighted by atomic mass is 10.1. The van der Waals surface area contributed by atoms with Crippen molar-refractivity contribution in [2.24, 2.45) is 0 Å². The van der Waals surface area contributed by atoms with Crippen LogP contribution in [0.3, 0.4) is 0 Å². The lowest BCUT2D eigenvalue weighted by Crippen LogP contribution is -2.46. The van der Waals surface area contributed by atoms with Crippen LogP contribution in [0.4, 0.5) is 18.9 Å². The molecule has 7 nitrogen and oxygen atoms in total. The first-order chi connectivity index (χ1) is 15.4. The van der Waals surface area contributed by atoms with Crippen molar-refractivity contribution < 1.29 is 17.7 Å². The van der Waals surface area contributed by atoms with Crippen molar-refractivity contribution >= 4 is 5.69 Å². The van der Waals surface area contributed by atoms with Crippen LogP contribution in [-0.2, 0) is 12.7 Å². The number of hydrogen-bond acceptors (Lipinski definition) is 7. The molecule has 0 atom stereocenters. The minimum atomic E-state index is -4.45. The number of para-hydroxylation sites is 1. The summed E-state index contributed by atoms with van der Waals surface area (Å²) in [6.07, 6.45) is -4.45. The summed E-state index contributed by atoms with van der Waals surface area (Å²) in [6, 6.07) is 14.1. The van der Waals surface area contributed by atoms with Gasteiger partial charge >= 0.3 is 6.18 Å². The summed E-state index contributed by atoms with van der Waals surface area (Å²) in [7, 11) is 0. The van der Waals surface area contributed by atoms with Crippen LogP contribution in [-0.4, -0.2) is 41.2 Å². The highest BCUT2D eigenvalue weighted by atomic mass is 19.4. The summed E-state index contributed by atoms with van der Waals surface area (Å²) in [5.41, 5.74) is 1.02. The Bertz CT molecular complexity index is 1170. The molecule has 1 saturated heterocycles. The molecule has 2 aromatic carbocycles. The van der Waals surface area contributed by atoms with E-state index in [0.717, 1.165) is 12.1 Å². The van der Waals surface area contributed by atoms with Crippen LogP contribution >= 0.6 is 0 Å². The number of nitriles is 2. The van der Waals surface area contributed by atoms with Crippen LogP contribution in [0.2, 0.25) is 0 Å². The molecule has 1 aliphatic rings. The van der Waals surface area contributed by atoms with Crippen molar-refractivity contribution in [3.63, 3.8) is 0 Å². The van der Waals surface area contributed by atoms with Crippen LogP contribution in [0.1, 0.15) is 22.6 Å². The second-order valence-corrected chi connectivity index (χ2v) is 7.28. The minimum absolute atomic E-state index is 0.103. The fourth-order valence-corrected chi connectivity index (χ4v) is 3.66. The van der Waals surface area contributed by atoms with Crippen molar-refractivity contribution in [1.82, 2.24) is 15.0 Å². The first kappa shape index (κ1) is 21.3. The Kier molecular flexibility index (Phi) is 5.80. The fraction of sp³-hybridized carbons (Fsp3) is 0.273. The first-order valence-electron chi connectivity index (χ1n) is 9.80. The Hall–Kier alpha value is -3.89. The molecule has 2 heterocycles. The maximum absolute atomic E-state index is 12.9.